The van der Waals surface area contributed by atoms with E-state index < -0.39 is 5.41 Å². The van der Waals surface area contributed by atoms with E-state index in [2.05, 4.69) is 229 Å². The summed E-state index contributed by atoms with van der Waals surface area (Å²) < 4.78 is 6.39. The molecular formula is C69H51NO. The van der Waals surface area contributed by atoms with Gasteiger partial charge < -0.3 is 9.32 Å². The van der Waals surface area contributed by atoms with E-state index in [-0.39, 0.29) is 5.41 Å². The highest BCUT2D eigenvalue weighted by Gasteiger charge is 2.64. The Hall–Kier alpha value is -7.94. The van der Waals surface area contributed by atoms with E-state index in [0.717, 1.165) is 39.5 Å². The van der Waals surface area contributed by atoms with Crippen LogP contribution >= 0.6 is 0 Å². The second kappa shape index (κ2) is 14.8. The molecule has 0 amide bonds. The van der Waals surface area contributed by atoms with Gasteiger partial charge in [-0.15, -0.1) is 0 Å². The summed E-state index contributed by atoms with van der Waals surface area (Å²) in [5.74, 6) is 2.99. The van der Waals surface area contributed by atoms with E-state index in [9.17, 15) is 0 Å². The lowest BCUT2D eigenvalue weighted by Crippen LogP contribution is -2.59. The first-order valence-corrected chi connectivity index (χ1v) is 26.0. The Labute approximate surface area is 414 Å². The van der Waals surface area contributed by atoms with E-state index >= 15 is 0 Å². The van der Waals surface area contributed by atoms with Crippen molar-refractivity contribution >= 4 is 49.8 Å². The molecule has 1 aromatic heterocycles. The second-order valence-electron chi connectivity index (χ2n) is 21.5. The Balaban J connectivity index is 0.932. The van der Waals surface area contributed by atoms with Gasteiger partial charge in [-0.3, -0.25) is 0 Å². The fourth-order valence-corrected chi connectivity index (χ4v) is 16.0. The zero-order valence-electron chi connectivity index (χ0n) is 39.6. The lowest BCUT2D eigenvalue weighted by molar-refractivity contribution is -0.0440. The average molecular weight is 910 g/mol. The number of fused-ring (bicyclic) bond motifs is 13. The van der Waals surface area contributed by atoms with Crippen LogP contribution in [0.2, 0.25) is 0 Å². The van der Waals surface area contributed by atoms with Crippen molar-refractivity contribution in [1.29, 1.82) is 0 Å². The van der Waals surface area contributed by atoms with E-state index in [1.54, 1.807) is 11.1 Å². The Kier molecular flexibility index (Phi) is 8.31. The largest absolute Gasteiger partial charge is 0.456 e. The topological polar surface area (TPSA) is 16.4 Å². The monoisotopic (exact) mass is 909 g/mol. The molecule has 0 N–H and O–H groups in total. The van der Waals surface area contributed by atoms with Gasteiger partial charge in [-0.1, -0.05) is 182 Å². The van der Waals surface area contributed by atoms with Gasteiger partial charge in [-0.2, -0.15) is 0 Å². The molecule has 17 rings (SSSR count). The van der Waals surface area contributed by atoms with Gasteiger partial charge in [0.15, 0.2) is 0 Å². The third-order valence-electron chi connectivity index (χ3n) is 18.3. The first-order chi connectivity index (χ1) is 35.2. The van der Waals surface area contributed by atoms with Crippen LogP contribution in [0.25, 0.3) is 66.1 Å². The Morgan fingerprint density at radius 2 is 0.901 bits per heavy atom. The molecule has 71 heavy (non-hydrogen) atoms. The van der Waals surface area contributed by atoms with Crippen molar-refractivity contribution in [3.05, 3.63) is 258 Å². The van der Waals surface area contributed by atoms with Gasteiger partial charge in [0.25, 0.3) is 0 Å². The smallest absolute Gasteiger partial charge is 0.136 e. The van der Waals surface area contributed by atoms with Crippen LogP contribution in [0.15, 0.2) is 229 Å². The summed E-state index contributed by atoms with van der Waals surface area (Å²) in [6, 6.07) is 85.1. The zero-order chi connectivity index (χ0) is 46.4. The number of hydrogen-bond donors (Lipinski definition) is 0. The normalized spacial score (nSPS) is 21.7. The number of rotatable bonds is 5. The summed E-state index contributed by atoms with van der Waals surface area (Å²) in [7, 11) is 0. The molecule has 0 atom stereocenters. The fourth-order valence-electron chi connectivity index (χ4n) is 16.0. The summed E-state index contributed by atoms with van der Waals surface area (Å²) in [4.78, 5) is 2.56. The number of hydrogen-bond acceptors (Lipinski definition) is 2. The summed E-state index contributed by atoms with van der Waals surface area (Å²) in [6.07, 6.45) is 6.80. The Morgan fingerprint density at radius 1 is 0.366 bits per heavy atom. The van der Waals surface area contributed by atoms with Crippen LogP contribution in [-0.2, 0) is 10.8 Å². The molecule has 0 radical (unpaired) electrons. The van der Waals surface area contributed by atoms with Crippen molar-refractivity contribution in [3.8, 4) is 33.4 Å². The standard InChI is InChI=1S/C69H51NO/c1-2-18-52-45(15-1)16-13-28-64(52)70(49-33-31-46(32-34-49)51-17-3-4-19-53(51)56-23-14-30-66-67(56)57-22-7-12-29-65(57)71-66)50-35-36-62-63(42-50)69(58-24-8-5-20-54(58)55-21-6-9-25-59(55)69)61-27-11-10-26-60(61)68(62)47-38-43-37-44(40-47)41-48(68)39-43/h1-36,42-44,47-48H,37-41H2. The molecule has 2 spiro atoms. The predicted octanol–water partition coefficient (Wildman–Crippen LogP) is 18.0. The van der Waals surface area contributed by atoms with Crippen molar-refractivity contribution in [2.24, 2.45) is 23.7 Å². The van der Waals surface area contributed by atoms with E-state index in [4.69, 9.17) is 4.42 Å². The molecule has 1 heterocycles. The van der Waals surface area contributed by atoms with Gasteiger partial charge >= 0.3 is 0 Å². The van der Waals surface area contributed by atoms with Crippen LogP contribution in [0.5, 0.6) is 0 Å². The molecule has 10 aromatic carbocycles. The summed E-state index contributed by atoms with van der Waals surface area (Å²) >= 11 is 0. The zero-order valence-corrected chi connectivity index (χ0v) is 39.6. The highest BCUT2D eigenvalue weighted by Crippen LogP contribution is 2.71. The first kappa shape index (κ1) is 39.9. The van der Waals surface area contributed by atoms with Crippen LogP contribution in [0.4, 0.5) is 17.1 Å². The quantitative estimate of drug-likeness (QED) is 0.171. The van der Waals surface area contributed by atoms with E-state index in [1.807, 2.05) is 0 Å². The highest BCUT2D eigenvalue weighted by atomic mass is 16.3. The van der Waals surface area contributed by atoms with Gasteiger partial charge in [-0.25, -0.2) is 0 Å². The summed E-state index contributed by atoms with van der Waals surface area (Å²) in [5, 5.41) is 4.76. The third-order valence-corrected chi connectivity index (χ3v) is 18.3. The minimum Gasteiger partial charge on any atom is -0.456 e. The maximum absolute atomic E-state index is 6.39. The summed E-state index contributed by atoms with van der Waals surface area (Å²) in [5.41, 5.74) is 21.2. The molecule has 4 fully saturated rings. The van der Waals surface area contributed by atoms with Crippen LogP contribution in [0.3, 0.4) is 0 Å². The number of nitrogens with zero attached hydrogens (tertiary/aromatic N) is 1. The molecule has 0 saturated heterocycles. The van der Waals surface area contributed by atoms with Crippen molar-refractivity contribution in [1.82, 2.24) is 0 Å². The Bertz CT molecular complexity index is 3900. The van der Waals surface area contributed by atoms with Crippen LogP contribution in [0, 0.1) is 23.7 Å². The SMILES string of the molecule is c1ccc(-c2cccc3oc4ccccc4c23)c(-c2ccc(N(c3ccc4c(c3)C3(c5ccccc5-c5ccccc53)c3ccccc3C43C4CC5CC(C4)CC3C5)c3cccc4ccccc34)cc2)c1. The Morgan fingerprint density at radius 3 is 1.65 bits per heavy atom. The van der Waals surface area contributed by atoms with Gasteiger partial charge in [0.05, 0.1) is 11.1 Å². The van der Waals surface area contributed by atoms with Crippen molar-refractivity contribution in [2.45, 2.75) is 42.9 Å². The lowest BCUT2D eigenvalue weighted by Gasteiger charge is -2.65. The summed E-state index contributed by atoms with van der Waals surface area (Å²) in [6.45, 7) is 0. The first-order valence-electron chi connectivity index (χ1n) is 26.0. The number of para-hydroxylation sites is 1. The van der Waals surface area contributed by atoms with E-state index in [1.165, 1.54) is 110 Å². The number of benzene rings is 10. The van der Waals surface area contributed by atoms with Crippen LogP contribution in [0.1, 0.15) is 65.5 Å². The molecule has 4 saturated carbocycles. The van der Waals surface area contributed by atoms with Crippen LogP contribution in [-0.4, -0.2) is 0 Å². The maximum Gasteiger partial charge on any atom is 0.136 e. The van der Waals surface area contributed by atoms with Gasteiger partial charge in [0.1, 0.15) is 11.2 Å². The molecule has 2 nitrogen and oxygen atoms in total. The molecule has 2 heteroatoms. The maximum atomic E-state index is 6.39. The molecule has 6 aliphatic carbocycles. The van der Waals surface area contributed by atoms with Crippen molar-refractivity contribution in [3.63, 3.8) is 0 Å². The number of anilines is 3. The molecule has 338 valence electrons. The third kappa shape index (κ3) is 5.32. The minimum absolute atomic E-state index is 0.0258. The van der Waals surface area contributed by atoms with Crippen molar-refractivity contribution in [2.75, 3.05) is 4.90 Å². The number of furan rings is 1. The molecule has 0 unspecified atom stereocenters. The van der Waals surface area contributed by atoms with E-state index in [0.29, 0.717) is 11.8 Å². The molecular weight excluding hydrogens is 859 g/mol. The fraction of sp³-hybridized carbons (Fsp3) is 0.159. The molecule has 6 aliphatic rings. The molecule has 11 aromatic rings. The van der Waals surface area contributed by atoms with Gasteiger partial charge in [0, 0.05) is 32.9 Å². The van der Waals surface area contributed by atoms with Gasteiger partial charge in [-0.05, 0) is 170 Å². The van der Waals surface area contributed by atoms with Gasteiger partial charge in [0.2, 0.25) is 0 Å². The lowest BCUT2D eigenvalue weighted by atomic mass is 9.38. The molecule has 0 aliphatic heterocycles. The highest BCUT2D eigenvalue weighted by molar-refractivity contribution is 6.13. The second-order valence-corrected chi connectivity index (χ2v) is 21.5. The molecule has 4 bridgehead atoms. The van der Waals surface area contributed by atoms with Crippen molar-refractivity contribution < 1.29 is 4.42 Å². The van der Waals surface area contributed by atoms with Crippen LogP contribution < -0.4 is 4.90 Å². The predicted molar refractivity (Wildman–Crippen MR) is 292 cm³/mol. The average Bonchev–Trinajstić information content (AvgIpc) is 3.96. The minimum atomic E-state index is -0.476.